The number of aromatic nitrogens is 8. The molecule has 7 heterocycles. The van der Waals surface area contributed by atoms with Crippen LogP contribution in [0.1, 0.15) is 52.9 Å². The SMILES string of the molecule is CC(C)(C)OC(=O)N1CC[C@H](O)C1.Oc1ccc(-c2cnc3ccnn3c2)nc1.c1cc2ncc(-c3ccc(OC4CCCC4)cn3)cn2n1. The molecule has 260 valence electrons. The number of likely N-dealkylation sites (tertiary alicyclic amines) is 1. The molecule has 2 fully saturated rings. The van der Waals surface area contributed by atoms with Crippen LogP contribution in [0.5, 0.6) is 11.5 Å². The first kappa shape index (κ1) is 34.2. The lowest BCUT2D eigenvalue weighted by atomic mass is 10.2. The van der Waals surface area contributed by atoms with Crippen LogP contribution in [-0.4, -0.2) is 91.3 Å². The van der Waals surface area contributed by atoms with Gasteiger partial charge in [-0.25, -0.2) is 23.8 Å². The summed E-state index contributed by atoms with van der Waals surface area (Å²) in [5.41, 5.74) is 4.60. The van der Waals surface area contributed by atoms with Crippen molar-refractivity contribution >= 4 is 17.4 Å². The van der Waals surface area contributed by atoms with Crippen molar-refractivity contribution < 1.29 is 24.5 Å². The number of pyridine rings is 2. The summed E-state index contributed by atoms with van der Waals surface area (Å²) >= 11 is 0. The number of hydrogen-bond donors (Lipinski definition) is 2. The number of carbonyl (C=O) groups is 1. The molecule has 0 unspecified atom stereocenters. The monoisotopic (exact) mass is 679 g/mol. The molecule has 0 aromatic carbocycles. The van der Waals surface area contributed by atoms with Crippen LogP contribution in [0.25, 0.3) is 33.8 Å². The van der Waals surface area contributed by atoms with Crippen LogP contribution in [0.15, 0.2) is 86.0 Å². The van der Waals surface area contributed by atoms with Crippen molar-refractivity contribution in [1.82, 2.24) is 44.1 Å². The molecular weight excluding hydrogens is 638 g/mol. The van der Waals surface area contributed by atoms with Gasteiger partial charge in [0.25, 0.3) is 0 Å². The second-order valence-electron chi connectivity index (χ2n) is 13.1. The van der Waals surface area contributed by atoms with Gasteiger partial charge in [0.2, 0.25) is 0 Å². The predicted octanol–water partition coefficient (Wildman–Crippen LogP) is 5.60. The molecule has 2 aliphatic rings. The Morgan fingerprint density at radius 3 is 1.88 bits per heavy atom. The zero-order valence-electron chi connectivity index (χ0n) is 28.3. The van der Waals surface area contributed by atoms with Crippen molar-refractivity contribution in [1.29, 1.82) is 0 Å². The summed E-state index contributed by atoms with van der Waals surface area (Å²) in [5, 5.41) is 26.6. The van der Waals surface area contributed by atoms with E-state index >= 15 is 0 Å². The zero-order valence-corrected chi connectivity index (χ0v) is 28.3. The van der Waals surface area contributed by atoms with E-state index in [1.165, 1.54) is 23.9 Å². The Bertz CT molecular complexity index is 2000. The lowest BCUT2D eigenvalue weighted by molar-refractivity contribution is 0.0270. The molecule has 0 spiro atoms. The van der Waals surface area contributed by atoms with E-state index in [1.54, 1.807) is 46.0 Å². The van der Waals surface area contributed by atoms with E-state index in [0.29, 0.717) is 25.6 Å². The Balaban J connectivity index is 0.000000134. The Hall–Kier alpha value is -5.63. The molecule has 1 saturated carbocycles. The van der Waals surface area contributed by atoms with E-state index in [9.17, 15) is 9.90 Å². The number of ether oxygens (including phenoxy) is 2. The first-order valence-electron chi connectivity index (χ1n) is 16.6. The summed E-state index contributed by atoms with van der Waals surface area (Å²) in [6, 6.07) is 11.0. The molecule has 50 heavy (non-hydrogen) atoms. The number of rotatable bonds is 4. The van der Waals surface area contributed by atoms with Gasteiger partial charge < -0.3 is 24.6 Å². The summed E-state index contributed by atoms with van der Waals surface area (Å²) in [4.78, 5) is 30.1. The number of aromatic hydroxyl groups is 1. The number of nitrogens with zero attached hydrogens (tertiary/aromatic N) is 9. The maximum absolute atomic E-state index is 11.4. The number of hydrogen-bond acceptors (Lipinski definition) is 11. The zero-order chi connectivity index (χ0) is 35.1. The topological polar surface area (TPSA) is 165 Å². The minimum absolute atomic E-state index is 0.150. The number of amides is 1. The summed E-state index contributed by atoms with van der Waals surface area (Å²) in [6.07, 6.45) is 19.1. The summed E-state index contributed by atoms with van der Waals surface area (Å²) in [5.74, 6) is 0.996. The normalized spacial score (nSPS) is 16.1. The van der Waals surface area contributed by atoms with Crippen LogP contribution < -0.4 is 4.74 Å². The second kappa shape index (κ2) is 15.3. The average Bonchev–Trinajstić information content (AvgIpc) is 3.93. The van der Waals surface area contributed by atoms with E-state index in [1.807, 2.05) is 63.6 Å². The number of aliphatic hydroxyl groups excluding tert-OH is 1. The quantitative estimate of drug-likeness (QED) is 0.238. The summed E-state index contributed by atoms with van der Waals surface area (Å²) in [6.45, 7) is 6.48. The minimum atomic E-state index is -0.454. The molecule has 6 aromatic rings. The molecule has 8 rings (SSSR count). The average molecular weight is 680 g/mol. The molecule has 1 aliphatic carbocycles. The minimum Gasteiger partial charge on any atom is -0.506 e. The Kier molecular flexibility index (Phi) is 10.5. The van der Waals surface area contributed by atoms with Gasteiger partial charge in [0.05, 0.1) is 48.4 Å². The van der Waals surface area contributed by atoms with E-state index in [-0.39, 0.29) is 17.9 Å². The van der Waals surface area contributed by atoms with Crippen LogP contribution in [0.2, 0.25) is 0 Å². The van der Waals surface area contributed by atoms with Crippen molar-refractivity contribution in [2.45, 2.75) is 70.7 Å². The highest BCUT2D eigenvalue weighted by molar-refractivity contribution is 5.68. The fourth-order valence-electron chi connectivity index (χ4n) is 5.49. The highest BCUT2D eigenvalue weighted by Crippen LogP contribution is 2.25. The number of β-amino-alcohol motifs (C(OH)–C–C–N with tert-alkyl or cyclic N) is 1. The molecule has 1 aliphatic heterocycles. The third-order valence-corrected chi connectivity index (χ3v) is 7.99. The van der Waals surface area contributed by atoms with E-state index in [2.05, 4.69) is 30.1 Å². The van der Waals surface area contributed by atoms with Crippen molar-refractivity contribution in [3.8, 4) is 34.0 Å². The predicted molar refractivity (Wildman–Crippen MR) is 185 cm³/mol. The van der Waals surface area contributed by atoms with E-state index in [4.69, 9.17) is 14.6 Å². The van der Waals surface area contributed by atoms with Crippen LogP contribution in [0.4, 0.5) is 4.79 Å². The first-order chi connectivity index (χ1) is 24.1. The maximum atomic E-state index is 11.4. The van der Waals surface area contributed by atoms with Crippen LogP contribution >= 0.6 is 0 Å². The molecule has 0 radical (unpaired) electrons. The van der Waals surface area contributed by atoms with Gasteiger partial charge in [0, 0.05) is 61.1 Å². The van der Waals surface area contributed by atoms with Gasteiger partial charge in [-0.2, -0.15) is 10.2 Å². The van der Waals surface area contributed by atoms with Crippen LogP contribution in [0.3, 0.4) is 0 Å². The molecule has 1 saturated heterocycles. The summed E-state index contributed by atoms with van der Waals surface area (Å²) in [7, 11) is 0. The van der Waals surface area contributed by atoms with Gasteiger partial charge in [0.1, 0.15) is 17.1 Å². The third kappa shape index (κ3) is 9.08. The molecular formula is C36H41N9O5. The molecule has 1 amide bonds. The second-order valence-corrected chi connectivity index (χ2v) is 13.1. The third-order valence-electron chi connectivity index (χ3n) is 7.99. The molecule has 2 N–H and O–H groups in total. The van der Waals surface area contributed by atoms with E-state index in [0.717, 1.165) is 52.4 Å². The van der Waals surface area contributed by atoms with Crippen molar-refractivity contribution in [3.05, 3.63) is 86.0 Å². The van der Waals surface area contributed by atoms with Crippen LogP contribution in [-0.2, 0) is 4.74 Å². The lowest BCUT2D eigenvalue weighted by Gasteiger charge is -2.24. The molecule has 14 nitrogen and oxygen atoms in total. The van der Waals surface area contributed by atoms with Gasteiger partial charge >= 0.3 is 6.09 Å². The smallest absolute Gasteiger partial charge is 0.410 e. The number of fused-ring (bicyclic) bond motifs is 2. The lowest BCUT2D eigenvalue weighted by Crippen LogP contribution is -2.35. The molecule has 0 bridgehead atoms. The van der Waals surface area contributed by atoms with Crippen molar-refractivity contribution in [2.75, 3.05) is 13.1 Å². The maximum Gasteiger partial charge on any atom is 0.410 e. The van der Waals surface area contributed by atoms with Crippen molar-refractivity contribution in [3.63, 3.8) is 0 Å². The highest BCUT2D eigenvalue weighted by Gasteiger charge is 2.28. The van der Waals surface area contributed by atoms with Gasteiger partial charge in [0.15, 0.2) is 11.3 Å². The number of aliphatic hydroxyl groups is 1. The fraction of sp³-hybridized carbons (Fsp3) is 0.361. The molecule has 6 aromatic heterocycles. The number of carbonyl (C=O) groups excluding carboxylic acids is 1. The Morgan fingerprint density at radius 2 is 1.38 bits per heavy atom. The van der Waals surface area contributed by atoms with Gasteiger partial charge in [-0.3, -0.25) is 9.97 Å². The van der Waals surface area contributed by atoms with Gasteiger partial charge in [-0.05, 0) is 77.1 Å². The molecule has 1 atom stereocenters. The van der Waals surface area contributed by atoms with Gasteiger partial charge in [-0.15, -0.1) is 0 Å². The van der Waals surface area contributed by atoms with Crippen molar-refractivity contribution in [2.24, 2.45) is 0 Å². The van der Waals surface area contributed by atoms with Crippen LogP contribution in [0, 0.1) is 0 Å². The fourth-order valence-corrected chi connectivity index (χ4v) is 5.49. The standard InChI is InChI=1S/C16H16N4O.C11H8N4O.C9H17NO3/c1-2-4-13(3-1)21-14-5-6-15(17-10-14)12-9-18-16-7-8-19-20(16)11-12;16-9-1-2-10(12-6-9)8-5-13-11-3-4-14-15(11)7-8;1-9(2,3)13-8(12)10-5-4-7(11)6-10/h5-11,13H,1-4H2;1-7,16H;7,11H,4-6H2,1-3H3/t;;7-/m..0/s1. The van der Waals surface area contributed by atoms with E-state index < -0.39 is 5.60 Å². The first-order valence-corrected chi connectivity index (χ1v) is 16.6. The largest absolute Gasteiger partial charge is 0.506 e. The Labute approximate surface area is 289 Å². The summed E-state index contributed by atoms with van der Waals surface area (Å²) < 4.78 is 14.5. The highest BCUT2D eigenvalue weighted by atomic mass is 16.6. The molecule has 14 heteroatoms. The Morgan fingerprint density at radius 1 is 0.780 bits per heavy atom. The van der Waals surface area contributed by atoms with Gasteiger partial charge in [-0.1, -0.05) is 0 Å².